The second kappa shape index (κ2) is 7.84. The molecule has 7 nitrogen and oxygen atoms in total. The van der Waals surface area contributed by atoms with Crippen LogP contribution in [0.2, 0.25) is 0 Å². The van der Waals surface area contributed by atoms with Crippen LogP contribution < -0.4 is 10.1 Å². The van der Waals surface area contributed by atoms with Gasteiger partial charge in [-0.2, -0.15) is 0 Å². The van der Waals surface area contributed by atoms with Gasteiger partial charge in [0.25, 0.3) is 11.8 Å². The second-order valence-electron chi connectivity index (χ2n) is 6.16. The molecule has 2 atom stereocenters. The van der Waals surface area contributed by atoms with Crippen molar-refractivity contribution in [2.75, 3.05) is 20.2 Å². The highest BCUT2D eigenvalue weighted by molar-refractivity contribution is 7.14. The van der Waals surface area contributed by atoms with Crippen molar-refractivity contribution in [2.24, 2.45) is 0 Å². The summed E-state index contributed by atoms with van der Waals surface area (Å²) < 4.78 is 5.26. The Labute approximate surface area is 155 Å². The van der Waals surface area contributed by atoms with E-state index in [1.807, 2.05) is 13.0 Å². The summed E-state index contributed by atoms with van der Waals surface area (Å²) in [5, 5.41) is 13.2. The summed E-state index contributed by atoms with van der Waals surface area (Å²) in [6, 6.07) is 6.49. The number of thiophene rings is 1. The molecule has 138 valence electrons. The lowest BCUT2D eigenvalue weighted by Gasteiger charge is -2.36. The molecule has 0 aliphatic carbocycles. The maximum Gasteiger partial charge on any atom is 0.270 e. The topological polar surface area (TPSA) is 91.8 Å². The molecule has 2 aromatic heterocycles. The van der Waals surface area contributed by atoms with Crippen molar-refractivity contribution in [3.05, 3.63) is 45.9 Å². The van der Waals surface area contributed by atoms with Gasteiger partial charge in [-0.05, 0) is 31.5 Å². The van der Waals surface area contributed by atoms with Crippen LogP contribution in [-0.4, -0.2) is 59.1 Å². The van der Waals surface area contributed by atoms with Crippen LogP contribution in [-0.2, 0) is 0 Å². The quantitative estimate of drug-likeness (QED) is 0.844. The van der Waals surface area contributed by atoms with Crippen molar-refractivity contribution in [1.29, 1.82) is 0 Å². The lowest BCUT2D eigenvalue weighted by molar-refractivity contribution is 0.0315. The number of aromatic nitrogens is 1. The molecule has 1 fully saturated rings. The number of β-amino-alcohol motifs (C(OH)–C–C–N with tert-alkyl or cyclic N) is 1. The Morgan fingerprint density at radius 1 is 1.42 bits per heavy atom. The summed E-state index contributed by atoms with van der Waals surface area (Å²) >= 11 is 1.37. The Bertz CT molecular complexity index is 793. The van der Waals surface area contributed by atoms with Crippen LogP contribution in [0.15, 0.2) is 30.5 Å². The maximum absolute atomic E-state index is 12.7. The molecule has 0 saturated carbocycles. The Hall–Kier alpha value is -2.45. The van der Waals surface area contributed by atoms with E-state index in [2.05, 4.69) is 10.3 Å². The first-order valence-electron chi connectivity index (χ1n) is 8.33. The lowest BCUT2D eigenvalue weighted by Crippen LogP contribution is -2.55. The molecule has 3 rings (SSSR count). The number of likely N-dealkylation sites (tertiary alicyclic amines) is 1. The van der Waals surface area contributed by atoms with Crippen molar-refractivity contribution in [3.63, 3.8) is 0 Å². The Morgan fingerprint density at radius 2 is 2.23 bits per heavy atom. The molecule has 2 unspecified atom stereocenters. The van der Waals surface area contributed by atoms with Crippen LogP contribution in [0.4, 0.5) is 0 Å². The number of hydrogen-bond acceptors (Lipinski definition) is 6. The van der Waals surface area contributed by atoms with Gasteiger partial charge in [0.15, 0.2) is 0 Å². The SMILES string of the molecule is COc1cc(C)sc1C(=O)N1CCC(NC(=O)c2ccccn2)C(O)C1. The number of methoxy groups -OCH3 is 1. The van der Waals surface area contributed by atoms with E-state index >= 15 is 0 Å². The molecule has 2 aromatic rings. The van der Waals surface area contributed by atoms with Crippen LogP contribution in [0.25, 0.3) is 0 Å². The van der Waals surface area contributed by atoms with E-state index in [9.17, 15) is 14.7 Å². The lowest BCUT2D eigenvalue weighted by atomic mass is 10.0. The van der Waals surface area contributed by atoms with Gasteiger partial charge in [-0.3, -0.25) is 14.6 Å². The number of rotatable bonds is 4. The van der Waals surface area contributed by atoms with Crippen LogP contribution in [0, 0.1) is 6.92 Å². The van der Waals surface area contributed by atoms with Crippen LogP contribution in [0.1, 0.15) is 31.5 Å². The number of hydrogen-bond donors (Lipinski definition) is 2. The molecule has 0 radical (unpaired) electrons. The first-order chi connectivity index (χ1) is 12.5. The third-order valence-corrected chi connectivity index (χ3v) is 5.34. The number of aryl methyl sites for hydroxylation is 1. The Balaban J connectivity index is 1.63. The molecule has 2 N–H and O–H groups in total. The van der Waals surface area contributed by atoms with Gasteiger partial charge in [0.05, 0.1) is 19.3 Å². The van der Waals surface area contributed by atoms with Gasteiger partial charge >= 0.3 is 0 Å². The van der Waals surface area contributed by atoms with Gasteiger partial charge in [-0.15, -0.1) is 11.3 Å². The molecule has 26 heavy (non-hydrogen) atoms. The zero-order chi connectivity index (χ0) is 18.7. The fraction of sp³-hybridized carbons (Fsp3) is 0.389. The average molecular weight is 375 g/mol. The Kier molecular flexibility index (Phi) is 5.53. The molecule has 1 aliphatic heterocycles. The molecule has 0 bridgehead atoms. The van der Waals surface area contributed by atoms with Crippen LogP contribution in [0.3, 0.4) is 0 Å². The third kappa shape index (κ3) is 3.86. The van der Waals surface area contributed by atoms with E-state index in [-0.39, 0.29) is 18.4 Å². The normalized spacial score (nSPS) is 19.9. The Morgan fingerprint density at radius 3 is 2.88 bits per heavy atom. The minimum atomic E-state index is -0.840. The highest BCUT2D eigenvalue weighted by Crippen LogP contribution is 2.30. The van der Waals surface area contributed by atoms with Gasteiger partial charge in [-0.1, -0.05) is 6.07 Å². The third-order valence-electron chi connectivity index (χ3n) is 4.32. The fourth-order valence-electron chi connectivity index (χ4n) is 2.96. The minimum absolute atomic E-state index is 0.159. The smallest absolute Gasteiger partial charge is 0.270 e. The predicted octanol–water partition coefficient (Wildman–Crippen LogP) is 1.47. The van der Waals surface area contributed by atoms with Crippen molar-refractivity contribution in [3.8, 4) is 5.75 Å². The molecule has 1 saturated heterocycles. The maximum atomic E-state index is 12.7. The number of ether oxygens (including phenoxy) is 1. The van der Waals surface area contributed by atoms with Crippen molar-refractivity contribution in [1.82, 2.24) is 15.2 Å². The number of aliphatic hydroxyl groups is 1. The summed E-state index contributed by atoms with van der Waals surface area (Å²) in [6.07, 6.45) is 1.17. The first kappa shape index (κ1) is 18.3. The average Bonchev–Trinajstić information content (AvgIpc) is 3.04. The first-order valence-corrected chi connectivity index (χ1v) is 9.15. The fourth-order valence-corrected chi connectivity index (χ4v) is 3.91. The van der Waals surface area contributed by atoms with E-state index in [0.29, 0.717) is 29.3 Å². The van der Waals surface area contributed by atoms with Crippen molar-refractivity contribution < 1.29 is 19.4 Å². The highest BCUT2D eigenvalue weighted by atomic mass is 32.1. The number of carbonyl (C=O) groups is 2. The summed E-state index contributed by atoms with van der Waals surface area (Å²) in [6.45, 7) is 2.52. The number of nitrogens with one attached hydrogen (secondary N) is 1. The zero-order valence-electron chi connectivity index (χ0n) is 14.6. The largest absolute Gasteiger partial charge is 0.495 e. The molecular formula is C18H21N3O4S. The number of amides is 2. The van der Waals surface area contributed by atoms with Gasteiger partial charge in [-0.25, -0.2) is 0 Å². The molecule has 2 amide bonds. The number of carbonyl (C=O) groups excluding carboxylic acids is 2. The molecular weight excluding hydrogens is 354 g/mol. The van der Waals surface area contributed by atoms with E-state index in [1.54, 1.807) is 29.3 Å². The summed E-state index contributed by atoms with van der Waals surface area (Å²) in [4.78, 5) is 32.1. The van der Waals surface area contributed by atoms with E-state index in [4.69, 9.17) is 4.74 Å². The molecule has 8 heteroatoms. The van der Waals surface area contributed by atoms with E-state index in [0.717, 1.165) is 4.88 Å². The highest BCUT2D eigenvalue weighted by Gasteiger charge is 2.33. The second-order valence-corrected chi connectivity index (χ2v) is 7.41. The summed E-state index contributed by atoms with van der Waals surface area (Å²) in [5.74, 6) is 0.0658. The van der Waals surface area contributed by atoms with E-state index < -0.39 is 12.1 Å². The molecule has 0 aromatic carbocycles. The molecule has 1 aliphatic rings. The van der Waals surface area contributed by atoms with Crippen LogP contribution >= 0.6 is 11.3 Å². The summed E-state index contributed by atoms with van der Waals surface area (Å²) in [7, 11) is 1.53. The monoisotopic (exact) mass is 375 g/mol. The number of aliphatic hydroxyl groups excluding tert-OH is 1. The van der Waals surface area contributed by atoms with Gasteiger partial charge < -0.3 is 20.1 Å². The van der Waals surface area contributed by atoms with Crippen molar-refractivity contribution in [2.45, 2.75) is 25.5 Å². The minimum Gasteiger partial charge on any atom is -0.495 e. The standard InChI is InChI=1S/C18H21N3O4S/c1-11-9-15(25-2)16(26-11)18(24)21-8-6-12(14(22)10-21)20-17(23)13-5-3-4-7-19-13/h3-5,7,9,12,14,22H,6,8,10H2,1-2H3,(H,20,23). The van der Waals surface area contributed by atoms with Crippen LogP contribution in [0.5, 0.6) is 5.75 Å². The van der Waals surface area contributed by atoms with E-state index in [1.165, 1.54) is 18.4 Å². The number of nitrogens with zero attached hydrogens (tertiary/aromatic N) is 2. The number of pyridine rings is 1. The van der Waals surface area contributed by atoms with Crippen molar-refractivity contribution >= 4 is 23.2 Å². The molecule has 3 heterocycles. The number of piperidine rings is 1. The van der Waals surface area contributed by atoms with Gasteiger partial charge in [0.2, 0.25) is 0 Å². The van der Waals surface area contributed by atoms with Gasteiger partial charge in [0, 0.05) is 24.2 Å². The zero-order valence-corrected chi connectivity index (χ0v) is 15.5. The van der Waals surface area contributed by atoms with Gasteiger partial charge in [0.1, 0.15) is 16.3 Å². The predicted molar refractivity (Wildman–Crippen MR) is 97.6 cm³/mol. The summed E-state index contributed by atoms with van der Waals surface area (Å²) in [5.41, 5.74) is 0.303. The molecule has 0 spiro atoms.